The van der Waals surface area contributed by atoms with Crippen LogP contribution in [0.1, 0.15) is 11.1 Å². The molecule has 4 nitrogen and oxygen atoms in total. The number of nitrogens with two attached hydrogens (primary N) is 1. The number of rotatable bonds is 6. The summed E-state index contributed by atoms with van der Waals surface area (Å²) in [6.45, 7) is 2.23. The molecular formula is C16H19FN2O2S. The second-order valence-electron chi connectivity index (χ2n) is 5.02. The van der Waals surface area contributed by atoms with E-state index in [2.05, 4.69) is 0 Å². The van der Waals surface area contributed by atoms with Gasteiger partial charge in [0.2, 0.25) is 10.0 Å². The van der Waals surface area contributed by atoms with Crippen molar-refractivity contribution >= 4 is 10.0 Å². The highest BCUT2D eigenvalue weighted by molar-refractivity contribution is 7.89. The van der Waals surface area contributed by atoms with Crippen molar-refractivity contribution < 1.29 is 12.8 Å². The first-order valence-corrected chi connectivity index (χ1v) is 8.39. The lowest BCUT2D eigenvalue weighted by Gasteiger charge is -2.22. The fourth-order valence-corrected chi connectivity index (χ4v) is 3.91. The third-order valence-electron chi connectivity index (χ3n) is 3.34. The van der Waals surface area contributed by atoms with Crippen molar-refractivity contribution in [1.82, 2.24) is 4.31 Å². The van der Waals surface area contributed by atoms with E-state index < -0.39 is 15.8 Å². The van der Waals surface area contributed by atoms with Gasteiger partial charge < -0.3 is 5.73 Å². The van der Waals surface area contributed by atoms with Crippen LogP contribution in [-0.4, -0.2) is 25.8 Å². The average Bonchev–Trinajstić information content (AvgIpc) is 2.47. The molecule has 2 N–H and O–H groups in total. The van der Waals surface area contributed by atoms with Gasteiger partial charge in [0.05, 0.1) is 4.90 Å². The summed E-state index contributed by atoms with van der Waals surface area (Å²) in [5.74, 6) is -0.454. The van der Waals surface area contributed by atoms with E-state index in [1.807, 2.05) is 30.3 Å². The molecule has 118 valence electrons. The molecule has 0 spiro atoms. The predicted molar refractivity (Wildman–Crippen MR) is 84.2 cm³/mol. The zero-order chi connectivity index (χ0) is 16.2. The Morgan fingerprint density at radius 1 is 1.14 bits per heavy atom. The highest BCUT2D eigenvalue weighted by Gasteiger charge is 2.25. The lowest BCUT2D eigenvalue weighted by Crippen LogP contribution is -2.35. The van der Waals surface area contributed by atoms with Crippen molar-refractivity contribution in [3.63, 3.8) is 0 Å². The molecule has 0 atom stereocenters. The van der Waals surface area contributed by atoms with Crippen molar-refractivity contribution in [3.05, 3.63) is 65.5 Å². The van der Waals surface area contributed by atoms with Crippen LogP contribution in [0.15, 0.2) is 53.4 Å². The number of hydrogen-bond acceptors (Lipinski definition) is 3. The number of benzene rings is 2. The molecule has 0 bridgehead atoms. The molecule has 22 heavy (non-hydrogen) atoms. The standard InChI is InChI=1S/C16H19FN2O2S/c1-13-11-15(17)7-8-16(13)22(20,21)19(10-9-18)12-14-5-3-2-4-6-14/h2-8,11H,9-10,12,18H2,1H3. The molecule has 2 rings (SSSR count). The Hall–Kier alpha value is -1.76. The molecule has 0 aliphatic carbocycles. The lowest BCUT2D eigenvalue weighted by atomic mass is 10.2. The van der Waals surface area contributed by atoms with Crippen molar-refractivity contribution in [2.75, 3.05) is 13.1 Å². The van der Waals surface area contributed by atoms with E-state index in [4.69, 9.17) is 5.73 Å². The molecule has 2 aromatic carbocycles. The molecule has 0 unspecified atom stereocenters. The van der Waals surface area contributed by atoms with E-state index in [-0.39, 0.29) is 24.5 Å². The summed E-state index contributed by atoms with van der Waals surface area (Å²) in [6, 6.07) is 13.0. The van der Waals surface area contributed by atoms with Gasteiger partial charge in [-0.05, 0) is 36.2 Å². The summed E-state index contributed by atoms with van der Waals surface area (Å²) in [7, 11) is -3.72. The van der Waals surface area contributed by atoms with Crippen LogP contribution < -0.4 is 5.73 Å². The third-order valence-corrected chi connectivity index (χ3v) is 5.34. The summed E-state index contributed by atoms with van der Waals surface area (Å²) in [5, 5.41) is 0. The molecule has 0 aliphatic rings. The van der Waals surface area contributed by atoms with Crippen LogP contribution in [0.2, 0.25) is 0 Å². The Morgan fingerprint density at radius 2 is 1.82 bits per heavy atom. The normalized spacial score (nSPS) is 11.8. The number of halogens is 1. The van der Waals surface area contributed by atoms with Crippen LogP contribution >= 0.6 is 0 Å². The largest absolute Gasteiger partial charge is 0.329 e. The van der Waals surface area contributed by atoms with E-state index in [0.29, 0.717) is 5.56 Å². The summed E-state index contributed by atoms with van der Waals surface area (Å²) < 4.78 is 40.1. The SMILES string of the molecule is Cc1cc(F)ccc1S(=O)(=O)N(CCN)Cc1ccccc1. The smallest absolute Gasteiger partial charge is 0.243 e. The molecular weight excluding hydrogens is 303 g/mol. The Morgan fingerprint density at radius 3 is 2.41 bits per heavy atom. The maximum atomic E-state index is 13.2. The molecule has 0 radical (unpaired) electrons. The number of hydrogen-bond donors (Lipinski definition) is 1. The van der Waals surface area contributed by atoms with Crippen LogP contribution in [0.4, 0.5) is 4.39 Å². The van der Waals surface area contributed by atoms with Gasteiger partial charge >= 0.3 is 0 Å². The fourth-order valence-electron chi connectivity index (χ4n) is 2.26. The van der Waals surface area contributed by atoms with Crippen LogP contribution in [0.3, 0.4) is 0 Å². The molecule has 0 saturated carbocycles. The van der Waals surface area contributed by atoms with E-state index in [1.54, 1.807) is 6.92 Å². The van der Waals surface area contributed by atoms with E-state index in [9.17, 15) is 12.8 Å². The van der Waals surface area contributed by atoms with Gasteiger partial charge in [0.1, 0.15) is 5.82 Å². The Labute approximate surface area is 130 Å². The predicted octanol–water partition coefficient (Wildman–Crippen LogP) is 2.28. The molecule has 0 fully saturated rings. The molecule has 0 heterocycles. The zero-order valence-electron chi connectivity index (χ0n) is 12.4. The molecule has 0 amide bonds. The summed E-state index contributed by atoms with van der Waals surface area (Å²) in [6.07, 6.45) is 0. The highest BCUT2D eigenvalue weighted by Crippen LogP contribution is 2.22. The Balaban J connectivity index is 2.37. The van der Waals surface area contributed by atoms with Gasteiger partial charge in [-0.25, -0.2) is 12.8 Å². The van der Waals surface area contributed by atoms with E-state index in [1.165, 1.54) is 16.4 Å². The van der Waals surface area contributed by atoms with Crippen LogP contribution in [0.25, 0.3) is 0 Å². The maximum absolute atomic E-state index is 13.2. The third kappa shape index (κ3) is 3.71. The van der Waals surface area contributed by atoms with Gasteiger partial charge in [-0.15, -0.1) is 0 Å². The van der Waals surface area contributed by atoms with Gasteiger partial charge in [-0.1, -0.05) is 30.3 Å². The molecule has 6 heteroatoms. The molecule has 2 aromatic rings. The maximum Gasteiger partial charge on any atom is 0.243 e. The minimum Gasteiger partial charge on any atom is -0.329 e. The van der Waals surface area contributed by atoms with E-state index in [0.717, 1.165) is 11.6 Å². The minimum atomic E-state index is -3.72. The van der Waals surface area contributed by atoms with Gasteiger partial charge in [0, 0.05) is 19.6 Å². The zero-order valence-corrected chi connectivity index (χ0v) is 13.2. The average molecular weight is 322 g/mol. The Bertz CT molecular complexity index is 733. The topological polar surface area (TPSA) is 63.4 Å². The number of aryl methyl sites for hydroxylation is 1. The Kier molecular flexibility index (Phi) is 5.28. The van der Waals surface area contributed by atoms with Crippen molar-refractivity contribution in [2.24, 2.45) is 5.73 Å². The van der Waals surface area contributed by atoms with Gasteiger partial charge in [0.25, 0.3) is 0 Å². The molecule has 0 aromatic heterocycles. The minimum absolute atomic E-state index is 0.110. The van der Waals surface area contributed by atoms with Crippen LogP contribution in [-0.2, 0) is 16.6 Å². The quantitative estimate of drug-likeness (QED) is 0.887. The van der Waals surface area contributed by atoms with Gasteiger partial charge in [-0.3, -0.25) is 0 Å². The first-order valence-electron chi connectivity index (χ1n) is 6.95. The fraction of sp³-hybridized carbons (Fsp3) is 0.250. The van der Waals surface area contributed by atoms with Gasteiger partial charge in [-0.2, -0.15) is 4.31 Å². The number of sulfonamides is 1. The monoisotopic (exact) mass is 322 g/mol. The van der Waals surface area contributed by atoms with Crippen LogP contribution in [0, 0.1) is 12.7 Å². The van der Waals surface area contributed by atoms with Gasteiger partial charge in [0.15, 0.2) is 0 Å². The number of nitrogens with zero attached hydrogens (tertiary/aromatic N) is 1. The highest BCUT2D eigenvalue weighted by atomic mass is 32.2. The van der Waals surface area contributed by atoms with E-state index >= 15 is 0 Å². The molecule has 0 aliphatic heterocycles. The van der Waals surface area contributed by atoms with Crippen molar-refractivity contribution in [3.8, 4) is 0 Å². The first-order chi connectivity index (χ1) is 10.4. The lowest BCUT2D eigenvalue weighted by molar-refractivity contribution is 0.413. The second-order valence-corrected chi connectivity index (χ2v) is 6.93. The summed E-state index contributed by atoms with van der Waals surface area (Å²) in [4.78, 5) is 0.110. The molecule has 0 saturated heterocycles. The second kappa shape index (κ2) is 7.00. The summed E-state index contributed by atoms with van der Waals surface area (Å²) in [5.41, 5.74) is 6.81. The summed E-state index contributed by atoms with van der Waals surface area (Å²) >= 11 is 0. The van der Waals surface area contributed by atoms with Crippen molar-refractivity contribution in [2.45, 2.75) is 18.4 Å². The van der Waals surface area contributed by atoms with Crippen LogP contribution in [0.5, 0.6) is 0 Å². The first kappa shape index (κ1) is 16.6. The van der Waals surface area contributed by atoms with Crippen molar-refractivity contribution in [1.29, 1.82) is 0 Å².